The summed E-state index contributed by atoms with van der Waals surface area (Å²) in [5.74, 6) is 0. The van der Waals surface area contributed by atoms with Crippen molar-refractivity contribution >= 4 is 11.0 Å². The molecule has 3 nitrogen and oxygen atoms in total. The third-order valence-corrected chi connectivity index (χ3v) is 3.70. The predicted octanol–water partition coefficient (Wildman–Crippen LogP) is 4.41. The van der Waals surface area contributed by atoms with Crippen molar-refractivity contribution in [2.45, 2.75) is 65.8 Å². The third kappa shape index (κ3) is 3.55. The highest BCUT2D eigenvalue weighted by Gasteiger charge is 2.07. The van der Waals surface area contributed by atoms with Crippen LogP contribution in [0.5, 0.6) is 0 Å². The Labute approximate surface area is 116 Å². The molecule has 1 aromatic carbocycles. The molecule has 0 unspecified atom stereocenters. The molecule has 1 aromatic heterocycles. The maximum Gasteiger partial charge on any atom is 0.116 e. The highest BCUT2D eigenvalue weighted by atomic mass is 15.5. The molecule has 3 heteroatoms. The van der Waals surface area contributed by atoms with Gasteiger partial charge in [0, 0.05) is 0 Å². The average molecular weight is 259 g/mol. The van der Waals surface area contributed by atoms with Crippen LogP contribution in [0.3, 0.4) is 0 Å². The van der Waals surface area contributed by atoms with E-state index >= 15 is 0 Å². The summed E-state index contributed by atoms with van der Waals surface area (Å²) >= 11 is 0. The van der Waals surface area contributed by atoms with Gasteiger partial charge in [0.15, 0.2) is 0 Å². The monoisotopic (exact) mass is 259 g/mol. The van der Waals surface area contributed by atoms with Gasteiger partial charge in [-0.25, -0.2) is 0 Å². The number of aromatic nitrogens is 3. The van der Waals surface area contributed by atoms with Crippen LogP contribution in [0.25, 0.3) is 11.0 Å². The van der Waals surface area contributed by atoms with E-state index in [-0.39, 0.29) is 0 Å². The molecule has 19 heavy (non-hydrogen) atoms. The second-order valence-electron chi connectivity index (χ2n) is 5.46. The zero-order chi connectivity index (χ0) is 13.7. The Morgan fingerprint density at radius 1 is 0.842 bits per heavy atom. The zero-order valence-electron chi connectivity index (χ0n) is 12.4. The molecule has 0 saturated heterocycles. The minimum absolute atomic E-state index is 0.944. The average Bonchev–Trinajstić information content (AvgIpc) is 2.83. The van der Waals surface area contributed by atoms with E-state index in [1.807, 2.05) is 4.80 Å². The van der Waals surface area contributed by atoms with Crippen LogP contribution in [0, 0.1) is 13.8 Å². The molecule has 0 N–H and O–H groups in total. The Hall–Kier alpha value is -1.38. The summed E-state index contributed by atoms with van der Waals surface area (Å²) in [5.41, 5.74) is 4.56. The van der Waals surface area contributed by atoms with Gasteiger partial charge in [0.25, 0.3) is 0 Å². The van der Waals surface area contributed by atoms with E-state index in [1.165, 1.54) is 49.7 Å². The number of aryl methyl sites for hydroxylation is 3. The van der Waals surface area contributed by atoms with Crippen molar-refractivity contribution in [3.05, 3.63) is 23.3 Å². The minimum atomic E-state index is 0.944. The van der Waals surface area contributed by atoms with Crippen LogP contribution in [0.2, 0.25) is 0 Å². The first-order chi connectivity index (χ1) is 9.22. The lowest BCUT2D eigenvalue weighted by atomic mass is 10.1. The Morgan fingerprint density at radius 3 is 1.95 bits per heavy atom. The standard InChI is InChI=1S/C16H25N3/c1-4-5-6-7-8-9-12-19-17-15-13(2)10-11-14(3)16(15)18-19/h10-11H,4-9,12H2,1-3H3. The topological polar surface area (TPSA) is 30.7 Å². The number of benzene rings is 1. The number of rotatable bonds is 7. The van der Waals surface area contributed by atoms with Crippen molar-refractivity contribution in [3.63, 3.8) is 0 Å². The SMILES string of the molecule is CCCCCCCCn1nc2c(C)ccc(C)c2n1. The number of unbranched alkanes of at least 4 members (excludes halogenated alkanes) is 5. The lowest BCUT2D eigenvalue weighted by molar-refractivity contribution is 0.488. The van der Waals surface area contributed by atoms with Crippen molar-refractivity contribution in [2.24, 2.45) is 0 Å². The van der Waals surface area contributed by atoms with Gasteiger partial charge in [-0.05, 0) is 31.4 Å². The molecule has 0 radical (unpaired) electrons. The molecule has 0 spiro atoms. The molecule has 1 heterocycles. The number of nitrogens with zero attached hydrogens (tertiary/aromatic N) is 3. The lowest BCUT2D eigenvalue weighted by Gasteiger charge is -2.00. The van der Waals surface area contributed by atoms with E-state index in [0.29, 0.717) is 0 Å². The summed E-state index contributed by atoms with van der Waals surface area (Å²) < 4.78 is 0. The van der Waals surface area contributed by atoms with Crippen LogP contribution in [0.1, 0.15) is 56.6 Å². The van der Waals surface area contributed by atoms with Crippen molar-refractivity contribution < 1.29 is 0 Å². The van der Waals surface area contributed by atoms with Crippen molar-refractivity contribution in [1.29, 1.82) is 0 Å². The van der Waals surface area contributed by atoms with Gasteiger partial charge in [0.1, 0.15) is 11.0 Å². The van der Waals surface area contributed by atoms with E-state index in [4.69, 9.17) is 0 Å². The Morgan fingerprint density at radius 2 is 1.37 bits per heavy atom. The molecule has 0 bridgehead atoms. The number of hydrogen-bond donors (Lipinski definition) is 0. The highest BCUT2D eigenvalue weighted by Crippen LogP contribution is 2.18. The van der Waals surface area contributed by atoms with Crippen LogP contribution in [0.4, 0.5) is 0 Å². The van der Waals surface area contributed by atoms with Crippen LogP contribution in [0.15, 0.2) is 12.1 Å². The fourth-order valence-corrected chi connectivity index (χ4v) is 2.42. The molecule has 104 valence electrons. The Balaban J connectivity index is 1.91. The summed E-state index contributed by atoms with van der Waals surface area (Å²) in [5, 5.41) is 9.23. The van der Waals surface area contributed by atoms with E-state index in [2.05, 4.69) is 43.1 Å². The second-order valence-corrected chi connectivity index (χ2v) is 5.46. The van der Waals surface area contributed by atoms with Gasteiger partial charge in [-0.3, -0.25) is 0 Å². The summed E-state index contributed by atoms with van der Waals surface area (Å²) in [7, 11) is 0. The van der Waals surface area contributed by atoms with E-state index < -0.39 is 0 Å². The summed E-state index contributed by atoms with van der Waals surface area (Å²) in [6, 6.07) is 4.25. The van der Waals surface area contributed by atoms with Crippen LogP contribution in [-0.4, -0.2) is 15.0 Å². The largest absolute Gasteiger partial charge is 0.184 e. The van der Waals surface area contributed by atoms with Gasteiger partial charge >= 0.3 is 0 Å². The van der Waals surface area contributed by atoms with Crippen molar-refractivity contribution in [2.75, 3.05) is 0 Å². The highest BCUT2D eigenvalue weighted by molar-refractivity contribution is 5.80. The normalized spacial score (nSPS) is 11.3. The smallest absolute Gasteiger partial charge is 0.116 e. The van der Waals surface area contributed by atoms with Crippen LogP contribution in [-0.2, 0) is 6.54 Å². The van der Waals surface area contributed by atoms with Crippen LogP contribution >= 0.6 is 0 Å². The molecule has 0 aliphatic carbocycles. The summed E-state index contributed by atoms with van der Waals surface area (Å²) in [6.45, 7) is 7.40. The lowest BCUT2D eigenvalue weighted by Crippen LogP contribution is -2.02. The van der Waals surface area contributed by atoms with Gasteiger partial charge in [0.05, 0.1) is 6.54 Å². The van der Waals surface area contributed by atoms with E-state index in [9.17, 15) is 0 Å². The van der Waals surface area contributed by atoms with Gasteiger partial charge in [-0.15, -0.1) is 0 Å². The van der Waals surface area contributed by atoms with Crippen LogP contribution < -0.4 is 0 Å². The van der Waals surface area contributed by atoms with Crippen molar-refractivity contribution in [1.82, 2.24) is 15.0 Å². The van der Waals surface area contributed by atoms with Gasteiger partial charge in [0.2, 0.25) is 0 Å². The molecule has 0 fully saturated rings. The fraction of sp³-hybridized carbons (Fsp3) is 0.625. The zero-order valence-corrected chi connectivity index (χ0v) is 12.4. The molecule has 0 saturated carbocycles. The quantitative estimate of drug-likeness (QED) is 0.690. The van der Waals surface area contributed by atoms with Gasteiger partial charge < -0.3 is 0 Å². The Kier molecular flexibility index (Phi) is 4.94. The van der Waals surface area contributed by atoms with E-state index in [1.54, 1.807) is 0 Å². The maximum absolute atomic E-state index is 4.61. The first-order valence-corrected chi connectivity index (χ1v) is 7.53. The second kappa shape index (κ2) is 6.69. The molecule has 2 aromatic rings. The molecule has 0 amide bonds. The summed E-state index contributed by atoms with van der Waals surface area (Å²) in [4.78, 5) is 1.88. The Bertz CT molecular complexity index is 489. The van der Waals surface area contributed by atoms with E-state index in [0.717, 1.165) is 17.6 Å². The van der Waals surface area contributed by atoms with Gasteiger partial charge in [-0.2, -0.15) is 15.0 Å². The molecular formula is C16H25N3. The fourth-order valence-electron chi connectivity index (χ4n) is 2.42. The minimum Gasteiger partial charge on any atom is -0.184 e. The third-order valence-electron chi connectivity index (χ3n) is 3.70. The maximum atomic E-state index is 4.61. The molecule has 0 aliphatic heterocycles. The molecular weight excluding hydrogens is 234 g/mol. The number of hydrogen-bond acceptors (Lipinski definition) is 2. The number of fused-ring (bicyclic) bond motifs is 1. The predicted molar refractivity (Wildman–Crippen MR) is 80.4 cm³/mol. The van der Waals surface area contributed by atoms with Crippen molar-refractivity contribution in [3.8, 4) is 0 Å². The summed E-state index contributed by atoms with van der Waals surface area (Å²) in [6.07, 6.45) is 7.85. The molecule has 0 atom stereocenters. The molecule has 2 rings (SSSR count). The first kappa shape index (κ1) is 14.0. The first-order valence-electron chi connectivity index (χ1n) is 7.53. The molecule has 0 aliphatic rings. The van der Waals surface area contributed by atoms with Gasteiger partial charge in [-0.1, -0.05) is 51.2 Å².